The summed E-state index contributed by atoms with van der Waals surface area (Å²) in [4.78, 5) is 21.1. The van der Waals surface area contributed by atoms with Gasteiger partial charge in [0.15, 0.2) is 0 Å². The summed E-state index contributed by atoms with van der Waals surface area (Å²) in [6.07, 6.45) is 6.95. The van der Waals surface area contributed by atoms with Gasteiger partial charge in [-0.3, -0.25) is 9.48 Å². The average molecular weight is 306 g/mol. The Morgan fingerprint density at radius 3 is 2.82 bits per heavy atom. The largest absolute Gasteiger partial charge is 0.274 e. The highest BCUT2D eigenvalue weighted by Crippen LogP contribution is 2.27. The first-order valence-corrected chi connectivity index (χ1v) is 8.25. The number of unbranched alkanes of at least 4 members (excludes halogenated alkanes) is 1. The third kappa shape index (κ3) is 3.20. The number of aryl methyl sites for hydroxylation is 1. The second-order valence-electron chi connectivity index (χ2n) is 6.29. The van der Waals surface area contributed by atoms with Gasteiger partial charge in [0, 0.05) is 12.6 Å². The molecule has 1 aliphatic rings. The lowest BCUT2D eigenvalue weighted by Gasteiger charge is -2.24. The van der Waals surface area contributed by atoms with Gasteiger partial charge in [-0.05, 0) is 44.4 Å². The summed E-state index contributed by atoms with van der Waals surface area (Å²) in [6, 6.07) is 1.61. The lowest BCUT2D eigenvalue weighted by atomic mass is 9.88. The molecule has 0 aromatic carbocycles. The van der Waals surface area contributed by atoms with Gasteiger partial charge in [0.05, 0.1) is 5.69 Å². The van der Waals surface area contributed by atoms with Crippen molar-refractivity contribution in [3.8, 4) is 0 Å². The Kier molecular flexibility index (Phi) is 4.55. The van der Waals surface area contributed by atoms with E-state index in [1.54, 1.807) is 12.4 Å². The molecule has 0 radical (unpaired) electrons. The minimum atomic E-state index is -0.652. The number of fused-ring (bicyclic) bond motifs is 1. The van der Waals surface area contributed by atoms with Crippen molar-refractivity contribution in [3.05, 3.63) is 28.4 Å². The quantitative estimate of drug-likeness (QED) is 0.853. The third-order valence-electron chi connectivity index (χ3n) is 4.50. The van der Waals surface area contributed by atoms with E-state index in [4.69, 9.17) is 0 Å². The first-order valence-electron chi connectivity index (χ1n) is 8.25. The monoisotopic (exact) mass is 306 g/mol. The molecule has 1 saturated carbocycles. The zero-order chi connectivity index (χ0) is 15.5. The van der Waals surface area contributed by atoms with Crippen molar-refractivity contribution in [1.82, 2.24) is 19.2 Å². The fourth-order valence-electron chi connectivity index (χ4n) is 3.19. The summed E-state index contributed by atoms with van der Waals surface area (Å²) in [7, 11) is 0. The fraction of sp³-hybridized carbons (Fsp3) is 0.688. The lowest BCUT2D eigenvalue weighted by molar-refractivity contribution is 0.191. The van der Waals surface area contributed by atoms with Gasteiger partial charge < -0.3 is 0 Å². The van der Waals surface area contributed by atoms with Crippen molar-refractivity contribution in [2.45, 2.75) is 64.6 Å². The molecule has 5 nitrogen and oxygen atoms in total. The summed E-state index contributed by atoms with van der Waals surface area (Å²) in [6.45, 7) is 2.82. The van der Waals surface area contributed by atoms with Crippen LogP contribution in [0.25, 0.3) is 5.78 Å². The number of rotatable bonds is 5. The van der Waals surface area contributed by atoms with Crippen molar-refractivity contribution in [3.63, 3.8) is 0 Å². The van der Waals surface area contributed by atoms with Gasteiger partial charge in [-0.2, -0.15) is 9.50 Å². The van der Waals surface area contributed by atoms with Gasteiger partial charge >= 0.3 is 0 Å². The van der Waals surface area contributed by atoms with Crippen LogP contribution in [0.3, 0.4) is 0 Å². The number of hydrogen-bond acceptors (Lipinski definition) is 3. The molecule has 22 heavy (non-hydrogen) atoms. The number of nitrogens with zero attached hydrogens (tertiary/aromatic N) is 4. The summed E-state index contributed by atoms with van der Waals surface area (Å²) < 4.78 is 16.6. The van der Waals surface area contributed by atoms with Gasteiger partial charge in [-0.15, -0.1) is 0 Å². The van der Waals surface area contributed by atoms with E-state index < -0.39 is 6.17 Å². The molecule has 2 aromatic heterocycles. The first kappa shape index (κ1) is 15.2. The van der Waals surface area contributed by atoms with Crippen molar-refractivity contribution in [2.24, 2.45) is 5.92 Å². The van der Waals surface area contributed by atoms with Crippen LogP contribution in [0.1, 0.15) is 51.1 Å². The smallest absolute Gasteiger partial charge is 0.267 e. The van der Waals surface area contributed by atoms with Gasteiger partial charge in [0.25, 0.3) is 11.3 Å². The van der Waals surface area contributed by atoms with Crippen LogP contribution in [-0.2, 0) is 13.0 Å². The molecule has 0 unspecified atom stereocenters. The topological polar surface area (TPSA) is 52.2 Å². The Morgan fingerprint density at radius 1 is 1.32 bits per heavy atom. The zero-order valence-corrected chi connectivity index (χ0v) is 13.0. The predicted molar refractivity (Wildman–Crippen MR) is 82.7 cm³/mol. The Labute approximate surface area is 129 Å². The Morgan fingerprint density at radius 2 is 2.09 bits per heavy atom. The van der Waals surface area contributed by atoms with E-state index in [0.29, 0.717) is 31.1 Å². The molecule has 3 rings (SSSR count). The molecule has 0 aliphatic heterocycles. The van der Waals surface area contributed by atoms with Gasteiger partial charge in [0.1, 0.15) is 12.5 Å². The molecule has 120 valence electrons. The Balaban J connectivity index is 1.81. The van der Waals surface area contributed by atoms with Crippen molar-refractivity contribution in [2.75, 3.05) is 0 Å². The van der Waals surface area contributed by atoms with Crippen LogP contribution in [0.4, 0.5) is 4.39 Å². The normalized spacial score (nSPS) is 22.3. The third-order valence-corrected chi connectivity index (χ3v) is 4.50. The van der Waals surface area contributed by atoms with Crippen LogP contribution in [0.15, 0.2) is 17.2 Å². The zero-order valence-electron chi connectivity index (χ0n) is 13.0. The molecular weight excluding hydrogens is 283 g/mol. The van der Waals surface area contributed by atoms with E-state index in [1.165, 1.54) is 4.52 Å². The minimum Gasteiger partial charge on any atom is -0.267 e. The standard InChI is InChI=1S/C16H23FN4O/c1-2-3-4-14-9-15(22)21-16(19-14)18-11-20(21)10-12-5-7-13(17)8-6-12/h9,11-13H,2-8,10H2,1H3. The van der Waals surface area contributed by atoms with E-state index in [0.717, 1.165) is 37.8 Å². The molecule has 2 aromatic rings. The van der Waals surface area contributed by atoms with Gasteiger partial charge in [-0.25, -0.2) is 9.37 Å². The highest BCUT2D eigenvalue weighted by Gasteiger charge is 2.21. The van der Waals surface area contributed by atoms with Crippen LogP contribution in [-0.4, -0.2) is 25.3 Å². The minimum absolute atomic E-state index is 0.0761. The summed E-state index contributed by atoms with van der Waals surface area (Å²) in [5.41, 5.74) is 0.739. The fourth-order valence-corrected chi connectivity index (χ4v) is 3.19. The van der Waals surface area contributed by atoms with Crippen LogP contribution >= 0.6 is 0 Å². The Bertz CT molecular complexity index is 685. The van der Waals surface area contributed by atoms with Crippen LogP contribution in [0.2, 0.25) is 0 Å². The van der Waals surface area contributed by atoms with Crippen LogP contribution in [0.5, 0.6) is 0 Å². The lowest BCUT2D eigenvalue weighted by Crippen LogP contribution is -2.26. The van der Waals surface area contributed by atoms with E-state index in [9.17, 15) is 9.18 Å². The molecule has 0 amide bonds. The second-order valence-corrected chi connectivity index (χ2v) is 6.29. The SMILES string of the molecule is CCCCc1cc(=O)n2c(ncn2CC2CCC(F)CC2)n1. The molecule has 6 heteroatoms. The summed E-state index contributed by atoms with van der Waals surface area (Å²) in [5, 5.41) is 0. The molecule has 1 aliphatic carbocycles. The van der Waals surface area contributed by atoms with Gasteiger partial charge in [0.2, 0.25) is 0 Å². The summed E-state index contributed by atoms with van der Waals surface area (Å²) in [5.74, 6) is 0.883. The van der Waals surface area contributed by atoms with Crippen LogP contribution < -0.4 is 5.56 Å². The molecule has 1 fully saturated rings. The molecule has 0 N–H and O–H groups in total. The molecule has 0 spiro atoms. The predicted octanol–water partition coefficient (Wildman–Crippen LogP) is 2.76. The highest BCUT2D eigenvalue weighted by molar-refractivity contribution is 5.26. The maximum absolute atomic E-state index is 13.2. The number of aromatic nitrogens is 4. The molecule has 0 atom stereocenters. The van der Waals surface area contributed by atoms with E-state index in [2.05, 4.69) is 16.9 Å². The average Bonchev–Trinajstić information content (AvgIpc) is 2.91. The number of alkyl halides is 1. The van der Waals surface area contributed by atoms with E-state index >= 15 is 0 Å². The van der Waals surface area contributed by atoms with Crippen molar-refractivity contribution in [1.29, 1.82) is 0 Å². The first-order chi connectivity index (χ1) is 10.7. The maximum atomic E-state index is 13.2. The van der Waals surface area contributed by atoms with E-state index in [-0.39, 0.29) is 5.56 Å². The van der Waals surface area contributed by atoms with Crippen LogP contribution in [0, 0.1) is 5.92 Å². The van der Waals surface area contributed by atoms with Crippen molar-refractivity contribution < 1.29 is 4.39 Å². The number of hydrogen-bond donors (Lipinski definition) is 0. The Hall–Kier alpha value is -1.72. The number of halogens is 1. The molecule has 0 saturated heterocycles. The second kappa shape index (κ2) is 6.58. The molecule has 0 bridgehead atoms. The molecule has 2 heterocycles. The van der Waals surface area contributed by atoms with E-state index in [1.807, 2.05) is 4.68 Å². The van der Waals surface area contributed by atoms with Crippen molar-refractivity contribution >= 4 is 5.78 Å². The highest BCUT2D eigenvalue weighted by atomic mass is 19.1. The summed E-state index contributed by atoms with van der Waals surface area (Å²) >= 11 is 0. The maximum Gasteiger partial charge on any atom is 0.274 e. The molecular formula is C16H23FN4O. The van der Waals surface area contributed by atoms with Gasteiger partial charge in [-0.1, -0.05) is 13.3 Å².